The summed E-state index contributed by atoms with van der Waals surface area (Å²) in [7, 11) is 0. The lowest BCUT2D eigenvalue weighted by Gasteiger charge is -2.07. The molecule has 1 aromatic heterocycles. The Labute approximate surface area is 113 Å². The summed E-state index contributed by atoms with van der Waals surface area (Å²) in [4.78, 5) is 14.9. The highest BCUT2D eigenvalue weighted by molar-refractivity contribution is 6.35. The number of pyridine rings is 1. The summed E-state index contributed by atoms with van der Waals surface area (Å²) < 4.78 is 5.45. The molecular formula is C12H8Cl2N2O2. The maximum absolute atomic E-state index is 11.0. The van der Waals surface area contributed by atoms with Crippen LogP contribution in [0.3, 0.4) is 0 Å². The van der Waals surface area contributed by atoms with Gasteiger partial charge in [0, 0.05) is 11.1 Å². The molecule has 0 aliphatic carbocycles. The maximum atomic E-state index is 11.0. The van der Waals surface area contributed by atoms with Gasteiger partial charge in [0.1, 0.15) is 11.4 Å². The van der Waals surface area contributed by atoms with Crippen molar-refractivity contribution in [3.05, 3.63) is 52.1 Å². The number of hydrogen-bond acceptors (Lipinski definition) is 3. The Balaban J connectivity index is 2.28. The van der Waals surface area contributed by atoms with E-state index in [9.17, 15) is 4.79 Å². The Hall–Kier alpha value is -1.78. The van der Waals surface area contributed by atoms with Crippen LogP contribution in [0, 0.1) is 0 Å². The van der Waals surface area contributed by atoms with Gasteiger partial charge in [0.05, 0.1) is 5.02 Å². The first-order valence-corrected chi connectivity index (χ1v) is 5.71. The topological polar surface area (TPSA) is 65.2 Å². The van der Waals surface area contributed by atoms with Crippen molar-refractivity contribution in [1.82, 2.24) is 4.98 Å². The summed E-state index contributed by atoms with van der Waals surface area (Å²) in [5, 5.41) is 0.861. The number of benzene rings is 1. The molecule has 4 nitrogen and oxygen atoms in total. The number of ether oxygens (including phenoxy) is 1. The zero-order chi connectivity index (χ0) is 13.1. The Kier molecular flexibility index (Phi) is 3.69. The van der Waals surface area contributed by atoms with Gasteiger partial charge in [0.15, 0.2) is 0 Å². The Morgan fingerprint density at radius 3 is 2.67 bits per heavy atom. The monoisotopic (exact) mass is 282 g/mol. The van der Waals surface area contributed by atoms with Crippen molar-refractivity contribution in [2.75, 3.05) is 0 Å². The van der Waals surface area contributed by atoms with E-state index in [0.29, 0.717) is 15.8 Å². The van der Waals surface area contributed by atoms with Crippen LogP contribution in [0.4, 0.5) is 0 Å². The molecule has 0 spiro atoms. The van der Waals surface area contributed by atoms with E-state index in [0.717, 1.165) is 0 Å². The molecule has 2 aromatic rings. The minimum absolute atomic E-state index is 0.123. The fourth-order valence-corrected chi connectivity index (χ4v) is 1.73. The van der Waals surface area contributed by atoms with Gasteiger partial charge in [-0.25, -0.2) is 4.98 Å². The number of carbonyl (C=O) groups excluding carboxylic acids is 1. The quantitative estimate of drug-likeness (QED) is 0.940. The van der Waals surface area contributed by atoms with E-state index in [1.54, 1.807) is 30.3 Å². The first-order valence-electron chi connectivity index (χ1n) is 4.96. The third-order valence-electron chi connectivity index (χ3n) is 2.08. The third-order valence-corrected chi connectivity index (χ3v) is 2.61. The average Bonchev–Trinajstić information content (AvgIpc) is 2.33. The molecule has 1 heterocycles. The molecule has 0 saturated carbocycles. The summed E-state index contributed by atoms with van der Waals surface area (Å²) in [6.45, 7) is 0. The largest absolute Gasteiger partial charge is 0.437 e. The first kappa shape index (κ1) is 12.7. The van der Waals surface area contributed by atoms with E-state index in [2.05, 4.69) is 4.98 Å². The molecule has 1 amide bonds. The van der Waals surface area contributed by atoms with Crippen LogP contribution in [-0.2, 0) is 0 Å². The van der Waals surface area contributed by atoms with Gasteiger partial charge in [-0.15, -0.1) is 0 Å². The van der Waals surface area contributed by atoms with E-state index >= 15 is 0 Å². The lowest BCUT2D eigenvalue weighted by atomic mass is 10.3. The minimum atomic E-state index is -0.623. The number of halogens is 2. The molecule has 6 heteroatoms. The van der Waals surface area contributed by atoms with Gasteiger partial charge in [0.2, 0.25) is 5.88 Å². The second-order valence-electron chi connectivity index (χ2n) is 3.40. The van der Waals surface area contributed by atoms with E-state index in [1.807, 2.05) is 0 Å². The van der Waals surface area contributed by atoms with Crippen molar-refractivity contribution in [3.8, 4) is 11.6 Å². The van der Waals surface area contributed by atoms with Crippen LogP contribution in [-0.4, -0.2) is 10.9 Å². The summed E-state index contributed by atoms with van der Waals surface area (Å²) in [6.07, 6.45) is 0. The van der Waals surface area contributed by atoms with Gasteiger partial charge >= 0.3 is 0 Å². The summed E-state index contributed by atoms with van der Waals surface area (Å²) >= 11 is 11.7. The fourth-order valence-electron chi connectivity index (χ4n) is 1.28. The molecule has 0 atom stereocenters. The molecule has 2 N–H and O–H groups in total. The molecule has 0 unspecified atom stereocenters. The number of nitrogens with zero attached hydrogens (tertiary/aromatic N) is 1. The van der Waals surface area contributed by atoms with E-state index in [-0.39, 0.29) is 11.6 Å². The molecule has 0 aliphatic rings. The normalized spacial score (nSPS) is 10.1. The lowest BCUT2D eigenvalue weighted by Crippen LogP contribution is -2.12. The van der Waals surface area contributed by atoms with Crippen molar-refractivity contribution in [3.63, 3.8) is 0 Å². The second kappa shape index (κ2) is 5.25. The first-order chi connectivity index (χ1) is 8.56. The summed E-state index contributed by atoms with van der Waals surface area (Å²) in [5.74, 6) is 0.00774. The number of aromatic nitrogens is 1. The van der Waals surface area contributed by atoms with Gasteiger partial charge < -0.3 is 10.5 Å². The smallest absolute Gasteiger partial charge is 0.267 e. The zero-order valence-corrected chi connectivity index (χ0v) is 10.6. The number of nitrogens with two attached hydrogens (primary N) is 1. The molecule has 0 bridgehead atoms. The van der Waals surface area contributed by atoms with Gasteiger partial charge in [-0.3, -0.25) is 4.79 Å². The molecule has 1 aromatic carbocycles. The Bertz CT molecular complexity index is 602. The maximum Gasteiger partial charge on any atom is 0.267 e. The van der Waals surface area contributed by atoms with Crippen molar-refractivity contribution >= 4 is 29.1 Å². The van der Waals surface area contributed by atoms with Crippen molar-refractivity contribution < 1.29 is 9.53 Å². The molecule has 18 heavy (non-hydrogen) atoms. The Morgan fingerprint density at radius 1 is 1.22 bits per heavy atom. The van der Waals surface area contributed by atoms with Gasteiger partial charge in [0.25, 0.3) is 5.91 Å². The van der Waals surface area contributed by atoms with E-state index in [1.165, 1.54) is 6.07 Å². The SMILES string of the molecule is NC(=O)c1cccc(Oc2ccc(Cl)cc2Cl)n1. The number of amides is 1. The molecule has 2 rings (SSSR count). The predicted molar refractivity (Wildman–Crippen MR) is 69.3 cm³/mol. The highest BCUT2D eigenvalue weighted by Gasteiger charge is 2.07. The molecule has 0 radical (unpaired) electrons. The van der Waals surface area contributed by atoms with Crippen LogP contribution < -0.4 is 10.5 Å². The number of primary amides is 1. The Morgan fingerprint density at radius 2 is 2.00 bits per heavy atom. The van der Waals surface area contributed by atoms with E-state index in [4.69, 9.17) is 33.7 Å². The number of hydrogen-bond donors (Lipinski definition) is 1. The van der Waals surface area contributed by atoms with Gasteiger partial charge in [-0.2, -0.15) is 0 Å². The minimum Gasteiger partial charge on any atom is -0.437 e. The average molecular weight is 283 g/mol. The predicted octanol–water partition coefficient (Wildman–Crippen LogP) is 3.28. The van der Waals surface area contributed by atoms with Crippen LogP contribution in [0.25, 0.3) is 0 Å². The number of rotatable bonds is 3. The van der Waals surface area contributed by atoms with Crippen LogP contribution >= 0.6 is 23.2 Å². The summed E-state index contributed by atoms with van der Waals surface area (Å²) in [5.41, 5.74) is 5.25. The van der Waals surface area contributed by atoms with Crippen molar-refractivity contribution in [1.29, 1.82) is 0 Å². The fraction of sp³-hybridized carbons (Fsp3) is 0. The van der Waals surface area contributed by atoms with Crippen LogP contribution in [0.15, 0.2) is 36.4 Å². The standard InChI is InChI=1S/C12H8Cl2N2O2/c13-7-4-5-10(8(14)6-7)18-11-3-1-2-9(16-11)12(15)17/h1-6H,(H2,15,17). The highest BCUT2D eigenvalue weighted by Crippen LogP contribution is 2.30. The molecule has 0 saturated heterocycles. The van der Waals surface area contributed by atoms with Gasteiger partial charge in [-0.1, -0.05) is 29.3 Å². The molecule has 0 fully saturated rings. The molecule has 92 valence electrons. The lowest BCUT2D eigenvalue weighted by molar-refractivity contribution is 0.0995. The van der Waals surface area contributed by atoms with Crippen molar-refractivity contribution in [2.24, 2.45) is 5.73 Å². The van der Waals surface area contributed by atoms with Crippen LogP contribution in [0.2, 0.25) is 10.0 Å². The second-order valence-corrected chi connectivity index (χ2v) is 4.25. The van der Waals surface area contributed by atoms with E-state index < -0.39 is 5.91 Å². The van der Waals surface area contributed by atoms with Gasteiger partial charge in [-0.05, 0) is 24.3 Å². The zero-order valence-electron chi connectivity index (χ0n) is 9.06. The molecular weight excluding hydrogens is 275 g/mol. The summed E-state index contributed by atoms with van der Waals surface area (Å²) in [6, 6.07) is 9.52. The highest BCUT2D eigenvalue weighted by atomic mass is 35.5. The van der Waals surface area contributed by atoms with Crippen molar-refractivity contribution in [2.45, 2.75) is 0 Å². The van der Waals surface area contributed by atoms with Crippen LogP contribution in [0.5, 0.6) is 11.6 Å². The third kappa shape index (κ3) is 2.91. The van der Waals surface area contributed by atoms with Crippen LogP contribution in [0.1, 0.15) is 10.5 Å². The number of carbonyl (C=O) groups is 1. The molecule has 0 aliphatic heterocycles.